The fourth-order valence-corrected chi connectivity index (χ4v) is 2.31. The molecule has 0 bridgehead atoms. The number of para-hydroxylation sites is 1. The number of aromatic nitrogens is 1. The number of carbonyl (C=O) groups excluding carboxylic acids is 1. The van der Waals surface area contributed by atoms with Crippen LogP contribution in [0.3, 0.4) is 0 Å². The zero-order valence-electron chi connectivity index (χ0n) is 11.9. The number of hydrogen-bond donors (Lipinski definition) is 1. The summed E-state index contributed by atoms with van der Waals surface area (Å²) < 4.78 is 13.1. The van der Waals surface area contributed by atoms with Crippen molar-refractivity contribution in [2.75, 3.05) is 5.32 Å². The molecule has 1 N–H and O–H groups in total. The van der Waals surface area contributed by atoms with Gasteiger partial charge in [-0.25, -0.2) is 4.39 Å². The first kappa shape index (κ1) is 14.2. The van der Waals surface area contributed by atoms with E-state index in [1.54, 1.807) is 12.3 Å². The molecular weight excluding hydrogens is 279 g/mol. The van der Waals surface area contributed by atoms with Crippen molar-refractivity contribution in [1.29, 1.82) is 0 Å². The second-order valence-electron chi connectivity index (χ2n) is 5.09. The lowest BCUT2D eigenvalue weighted by molar-refractivity contribution is -0.116. The number of rotatable bonds is 4. The van der Waals surface area contributed by atoms with Crippen LogP contribution in [0.5, 0.6) is 0 Å². The maximum absolute atomic E-state index is 13.1. The summed E-state index contributed by atoms with van der Waals surface area (Å²) >= 11 is 0. The number of amides is 1. The first-order valence-electron chi connectivity index (χ1n) is 7.10. The quantitative estimate of drug-likeness (QED) is 0.791. The van der Waals surface area contributed by atoms with E-state index >= 15 is 0 Å². The SMILES string of the molecule is O=C(CCc1cccc(F)c1)Nc1cnc2ccccc2c1. The van der Waals surface area contributed by atoms with Crippen molar-refractivity contribution < 1.29 is 9.18 Å². The molecule has 0 saturated heterocycles. The van der Waals surface area contributed by atoms with Crippen molar-refractivity contribution >= 4 is 22.5 Å². The van der Waals surface area contributed by atoms with Crippen LogP contribution in [0.15, 0.2) is 60.8 Å². The lowest BCUT2D eigenvalue weighted by Gasteiger charge is -2.06. The van der Waals surface area contributed by atoms with Gasteiger partial charge in [0.2, 0.25) is 5.91 Å². The molecule has 0 fully saturated rings. The van der Waals surface area contributed by atoms with E-state index in [4.69, 9.17) is 0 Å². The molecule has 0 saturated carbocycles. The normalized spacial score (nSPS) is 10.6. The van der Waals surface area contributed by atoms with E-state index in [0.29, 0.717) is 18.5 Å². The fraction of sp³-hybridized carbons (Fsp3) is 0.111. The van der Waals surface area contributed by atoms with Crippen molar-refractivity contribution in [3.05, 3.63) is 72.2 Å². The van der Waals surface area contributed by atoms with E-state index in [1.807, 2.05) is 36.4 Å². The van der Waals surface area contributed by atoms with Gasteiger partial charge in [-0.05, 0) is 36.2 Å². The Morgan fingerprint density at radius 1 is 1.09 bits per heavy atom. The van der Waals surface area contributed by atoms with Crippen LogP contribution in [0.4, 0.5) is 10.1 Å². The molecule has 0 spiro atoms. The molecule has 0 aliphatic rings. The van der Waals surface area contributed by atoms with Crippen molar-refractivity contribution in [3.8, 4) is 0 Å². The summed E-state index contributed by atoms with van der Waals surface area (Å²) in [5, 5.41) is 3.80. The van der Waals surface area contributed by atoms with E-state index in [9.17, 15) is 9.18 Å². The summed E-state index contributed by atoms with van der Waals surface area (Å²) in [7, 11) is 0. The molecule has 0 atom stereocenters. The topological polar surface area (TPSA) is 42.0 Å². The Bertz CT molecular complexity index is 817. The molecule has 2 aromatic carbocycles. The highest BCUT2D eigenvalue weighted by Gasteiger charge is 2.05. The molecule has 110 valence electrons. The van der Waals surface area contributed by atoms with Crippen LogP contribution < -0.4 is 5.32 Å². The molecule has 1 aromatic heterocycles. The summed E-state index contributed by atoms with van der Waals surface area (Å²) in [6.07, 6.45) is 2.45. The number of halogens is 1. The van der Waals surface area contributed by atoms with Crippen LogP contribution in [0.25, 0.3) is 10.9 Å². The maximum atomic E-state index is 13.1. The van der Waals surface area contributed by atoms with E-state index in [-0.39, 0.29) is 11.7 Å². The first-order chi connectivity index (χ1) is 10.7. The van der Waals surface area contributed by atoms with Gasteiger partial charge in [0.1, 0.15) is 5.82 Å². The predicted octanol–water partition coefficient (Wildman–Crippen LogP) is 3.95. The lowest BCUT2D eigenvalue weighted by atomic mass is 10.1. The maximum Gasteiger partial charge on any atom is 0.224 e. The number of pyridine rings is 1. The Balaban J connectivity index is 1.63. The van der Waals surface area contributed by atoms with E-state index < -0.39 is 0 Å². The summed E-state index contributed by atoms with van der Waals surface area (Å²) in [5.41, 5.74) is 2.37. The van der Waals surface area contributed by atoms with Gasteiger partial charge in [-0.1, -0.05) is 30.3 Å². The van der Waals surface area contributed by atoms with Crippen LogP contribution in [-0.4, -0.2) is 10.9 Å². The number of hydrogen-bond acceptors (Lipinski definition) is 2. The average molecular weight is 294 g/mol. The Hall–Kier alpha value is -2.75. The molecule has 0 unspecified atom stereocenters. The van der Waals surface area contributed by atoms with Crippen molar-refractivity contribution in [1.82, 2.24) is 4.98 Å². The average Bonchev–Trinajstić information content (AvgIpc) is 2.53. The van der Waals surface area contributed by atoms with Gasteiger partial charge in [0, 0.05) is 11.8 Å². The summed E-state index contributed by atoms with van der Waals surface area (Å²) in [6, 6.07) is 15.9. The van der Waals surface area contributed by atoms with Gasteiger partial charge in [0.15, 0.2) is 0 Å². The molecule has 0 radical (unpaired) electrons. The van der Waals surface area contributed by atoms with E-state index in [0.717, 1.165) is 16.5 Å². The van der Waals surface area contributed by atoms with Crippen molar-refractivity contribution in [2.45, 2.75) is 12.8 Å². The zero-order valence-corrected chi connectivity index (χ0v) is 11.9. The van der Waals surface area contributed by atoms with Gasteiger partial charge >= 0.3 is 0 Å². The smallest absolute Gasteiger partial charge is 0.224 e. The number of nitrogens with one attached hydrogen (secondary N) is 1. The number of fused-ring (bicyclic) bond motifs is 1. The van der Waals surface area contributed by atoms with Crippen LogP contribution in [0, 0.1) is 5.82 Å². The van der Waals surface area contributed by atoms with Gasteiger partial charge in [-0.15, -0.1) is 0 Å². The summed E-state index contributed by atoms with van der Waals surface area (Å²) in [5.74, 6) is -0.391. The minimum Gasteiger partial charge on any atom is -0.325 e. The Morgan fingerprint density at radius 2 is 1.95 bits per heavy atom. The molecule has 3 nitrogen and oxygen atoms in total. The molecule has 4 heteroatoms. The van der Waals surface area contributed by atoms with Crippen LogP contribution in [0.1, 0.15) is 12.0 Å². The molecule has 1 amide bonds. The molecular formula is C18H15FN2O. The van der Waals surface area contributed by atoms with Crippen LogP contribution in [-0.2, 0) is 11.2 Å². The second kappa shape index (κ2) is 6.35. The third kappa shape index (κ3) is 3.47. The summed E-state index contributed by atoms with van der Waals surface area (Å²) in [4.78, 5) is 16.3. The zero-order chi connectivity index (χ0) is 15.4. The second-order valence-corrected chi connectivity index (χ2v) is 5.09. The highest BCUT2D eigenvalue weighted by molar-refractivity contribution is 5.93. The highest BCUT2D eigenvalue weighted by Crippen LogP contribution is 2.16. The molecule has 1 heterocycles. The first-order valence-corrected chi connectivity index (χ1v) is 7.10. The Morgan fingerprint density at radius 3 is 2.82 bits per heavy atom. The monoisotopic (exact) mass is 294 g/mol. The number of carbonyl (C=O) groups is 1. The van der Waals surface area contributed by atoms with E-state index in [2.05, 4.69) is 10.3 Å². The van der Waals surface area contributed by atoms with Crippen LogP contribution >= 0.6 is 0 Å². The minimum atomic E-state index is -0.281. The van der Waals surface area contributed by atoms with E-state index in [1.165, 1.54) is 12.1 Å². The van der Waals surface area contributed by atoms with Crippen molar-refractivity contribution in [2.24, 2.45) is 0 Å². The number of anilines is 1. The largest absolute Gasteiger partial charge is 0.325 e. The summed E-state index contributed by atoms with van der Waals surface area (Å²) in [6.45, 7) is 0. The molecule has 0 aliphatic carbocycles. The third-order valence-electron chi connectivity index (χ3n) is 3.40. The molecule has 0 aliphatic heterocycles. The van der Waals surface area contributed by atoms with Gasteiger partial charge in [-0.2, -0.15) is 0 Å². The standard InChI is InChI=1S/C18H15FN2O/c19-15-6-3-4-13(10-15)8-9-18(22)21-16-11-14-5-1-2-7-17(14)20-12-16/h1-7,10-12H,8-9H2,(H,21,22). The third-order valence-corrected chi connectivity index (χ3v) is 3.40. The Labute approximate surface area is 127 Å². The van der Waals surface area contributed by atoms with Gasteiger partial charge in [-0.3, -0.25) is 9.78 Å². The van der Waals surface area contributed by atoms with Gasteiger partial charge < -0.3 is 5.32 Å². The lowest BCUT2D eigenvalue weighted by Crippen LogP contribution is -2.12. The number of aryl methyl sites for hydroxylation is 1. The molecule has 3 aromatic rings. The predicted molar refractivity (Wildman–Crippen MR) is 85.1 cm³/mol. The Kier molecular flexibility index (Phi) is 4.10. The minimum absolute atomic E-state index is 0.110. The number of benzene rings is 2. The number of nitrogens with zero attached hydrogens (tertiary/aromatic N) is 1. The fourth-order valence-electron chi connectivity index (χ4n) is 2.31. The highest BCUT2D eigenvalue weighted by atomic mass is 19.1. The molecule has 22 heavy (non-hydrogen) atoms. The van der Waals surface area contributed by atoms with Crippen molar-refractivity contribution in [3.63, 3.8) is 0 Å². The molecule has 3 rings (SSSR count). The van der Waals surface area contributed by atoms with Crippen LogP contribution in [0.2, 0.25) is 0 Å². The van der Waals surface area contributed by atoms with Gasteiger partial charge in [0.05, 0.1) is 17.4 Å². The van der Waals surface area contributed by atoms with Gasteiger partial charge in [0.25, 0.3) is 0 Å².